The Hall–Kier alpha value is -1.73. The van der Waals surface area contributed by atoms with Crippen LogP contribution in [0.5, 0.6) is 0 Å². The predicted octanol–water partition coefficient (Wildman–Crippen LogP) is 1.76. The van der Waals surface area contributed by atoms with Gasteiger partial charge in [0.2, 0.25) is 0 Å². The van der Waals surface area contributed by atoms with Crippen molar-refractivity contribution in [1.82, 2.24) is 0 Å². The molecule has 17 heavy (non-hydrogen) atoms. The third-order valence-electron chi connectivity index (χ3n) is 3.28. The summed E-state index contributed by atoms with van der Waals surface area (Å²) in [6.07, 6.45) is 2.37. The second kappa shape index (κ2) is 5.07. The fraction of sp³-hybridized carbons (Fsp3) is 0.462. The van der Waals surface area contributed by atoms with E-state index >= 15 is 0 Å². The Morgan fingerprint density at radius 1 is 1.41 bits per heavy atom. The van der Waals surface area contributed by atoms with Crippen LogP contribution in [0, 0.1) is 11.3 Å². The lowest BCUT2D eigenvalue weighted by Crippen LogP contribution is -2.37. The minimum absolute atomic E-state index is 0.353. The van der Waals surface area contributed by atoms with Gasteiger partial charge in [0.15, 0.2) is 0 Å². The minimum atomic E-state index is 0.353. The van der Waals surface area contributed by atoms with Gasteiger partial charge in [-0.3, -0.25) is 0 Å². The summed E-state index contributed by atoms with van der Waals surface area (Å²) in [4.78, 5) is 2.23. The van der Waals surface area contributed by atoms with Gasteiger partial charge in [-0.25, -0.2) is 0 Å². The lowest BCUT2D eigenvalue weighted by atomic mass is 10.1. The Labute approximate surface area is 102 Å². The van der Waals surface area contributed by atoms with E-state index < -0.39 is 0 Å². The van der Waals surface area contributed by atoms with Gasteiger partial charge in [-0.1, -0.05) is 0 Å². The average Bonchev–Trinajstić information content (AvgIpc) is 2.39. The molecule has 1 aliphatic rings. The van der Waals surface area contributed by atoms with Crippen molar-refractivity contribution in [2.75, 3.05) is 30.8 Å². The van der Waals surface area contributed by atoms with Gasteiger partial charge in [-0.05, 0) is 31.0 Å². The Kier molecular flexibility index (Phi) is 3.50. The molecule has 0 saturated carbocycles. The smallest absolute Gasteiger partial charge is 0.0992 e. The zero-order chi connectivity index (χ0) is 12.3. The molecule has 1 saturated heterocycles. The molecule has 0 radical (unpaired) electrons. The van der Waals surface area contributed by atoms with E-state index in [0.29, 0.717) is 11.7 Å². The molecule has 1 aromatic rings. The number of methoxy groups -OCH3 is 1. The van der Waals surface area contributed by atoms with Crippen LogP contribution in [0.15, 0.2) is 18.2 Å². The molecule has 0 spiro atoms. The van der Waals surface area contributed by atoms with E-state index in [0.717, 1.165) is 37.3 Å². The maximum atomic E-state index is 8.90. The third kappa shape index (κ3) is 2.51. The first-order valence-electron chi connectivity index (χ1n) is 5.82. The third-order valence-corrected chi connectivity index (χ3v) is 3.28. The summed E-state index contributed by atoms with van der Waals surface area (Å²) in [5, 5.41) is 8.90. The Morgan fingerprint density at radius 2 is 2.12 bits per heavy atom. The summed E-state index contributed by atoms with van der Waals surface area (Å²) < 4.78 is 5.34. The van der Waals surface area contributed by atoms with Crippen molar-refractivity contribution >= 4 is 11.4 Å². The van der Waals surface area contributed by atoms with E-state index in [1.165, 1.54) is 0 Å². The molecule has 0 unspecified atom stereocenters. The molecular formula is C13H17N3O. The fourth-order valence-corrected chi connectivity index (χ4v) is 2.22. The van der Waals surface area contributed by atoms with Crippen LogP contribution in [0.3, 0.4) is 0 Å². The number of nitrogens with two attached hydrogens (primary N) is 1. The van der Waals surface area contributed by atoms with E-state index in [-0.39, 0.29) is 0 Å². The quantitative estimate of drug-likeness (QED) is 0.788. The number of nitriles is 1. The van der Waals surface area contributed by atoms with Crippen molar-refractivity contribution in [2.45, 2.75) is 18.9 Å². The van der Waals surface area contributed by atoms with Gasteiger partial charge in [0.1, 0.15) is 0 Å². The number of hydrogen-bond donors (Lipinski definition) is 1. The molecule has 0 bridgehead atoms. The van der Waals surface area contributed by atoms with Crippen LogP contribution in [-0.4, -0.2) is 26.3 Å². The summed E-state index contributed by atoms with van der Waals surface area (Å²) >= 11 is 0. The number of anilines is 2. The van der Waals surface area contributed by atoms with Crippen molar-refractivity contribution in [3.05, 3.63) is 23.8 Å². The highest BCUT2D eigenvalue weighted by Gasteiger charge is 2.20. The van der Waals surface area contributed by atoms with Crippen LogP contribution in [-0.2, 0) is 4.74 Å². The molecule has 90 valence electrons. The second-order valence-corrected chi connectivity index (χ2v) is 4.31. The summed E-state index contributed by atoms with van der Waals surface area (Å²) in [6, 6.07) is 7.56. The van der Waals surface area contributed by atoms with E-state index in [9.17, 15) is 0 Å². The second-order valence-electron chi connectivity index (χ2n) is 4.31. The highest BCUT2D eigenvalue weighted by molar-refractivity contribution is 5.69. The summed E-state index contributed by atoms with van der Waals surface area (Å²) in [7, 11) is 1.75. The predicted molar refractivity (Wildman–Crippen MR) is 67.8 cm³/mol. The average molecular weight is 231 g/mol. The molecule has 4 nitrogen and oxygen atoms in total. The number of benzene rings is 1. The largest absolute Gasteiger partial charge is 0.397 e. The van der Waals surface area contributed by atoms with Gasteiger partial charge in [0.05, 0.1) is 29.1 Å². The number of ether oxygens (including phenoxy) is 1. The summed E-state index contributed by atoms with van der Waals surface area (Å²) in [5.41, 5.74) is 8.32. The molecule has 4 heteroatoms. The summed E-state index contributed by atoms with van der Waals surface area (Å²) in [5.74, 6) is 0. The van der Waals surface area contributed by atoms with Crippen molar-refractivity contribution in [1.29, 1.82) is 5.26 Å². The van der Waals surface area contributed by atoms with E-state index in [2.05, 4.69) is 11.0 Å². The highest BCUT2D eigenvalue weighted by Crippen LogP contribution is 2.27. The number of piperidine rings is 1. The van der Waals surface area contributed by atoms with Crippen LogP contribution in [0.2, 0.25) is 0 Å². The van der Waals surface area contributed by atoms with Crippen molar-refractivity contribution in [3.8, 4) is 6.07 Å². The Morgan fingerprint density at radius 3 is 2.71 bits per heavy atom. The van der Waals surface area contributed by atoms with Gasteiger partial charge >= 0.3 is 0 Å². The topological polar surface area (TPSA) is 62.3 Å². The first-order chi connectivity index (χ1) is 8.24. The van der Waals surface area contributed by atoms with Crippen LogP contribution in [0.25, 0.3) is 0 Å². The van der Waals surface area contributed by atoms with Gasteiger partial charge in [0.25, 0.3) is 0 Å². The lowest BCUT2D eigenvalue weighted by molar-refractivity contribution is 0.0819. The Bertz CT molecular complexity index is 431. The van der Waals surface area contributed by atoms with Crippen molar-refractivity contribution in [2.24, 2.45) is 0 Å². The van der Waals surface area contributed by atoms with Gasteiger partial charge in [-0.15, -0.1) is 0 Å². The van der Waals surface area contributed by atoms with E-state index in [4.69, 9.17) is 15.7 Å². The van der Waals surface area contributed by atoms with Crippen LogP contribution in [0.1, 0.15) is 18.4 Å². The molecule has 1 heterocycles. The molecule has 1 aromatic carbocycles. The number of hydrogen-bond acceptors (Lipinski definition) is 4. The van der Waals surface area contributed by atoms with Gasteiger partial charge in [0, 0.05) is 20.2 Å². The van der Waals surface area contributed by atoms with Gasteiger partial charge < -0.3 is 15.4 Å². The summed E-state index contributed by atoms with van der Waals surface area (Å²) in [6.45, 7) is 1.86. The monoisotopic (exact) mass is 231 g/mol. The molecule has 0 aromatic heterocycles. The normalized spacial score (nSPS) is 16.8. The zero-order valence-corrected chi connectivity index (χ0v) is 10.0. The molecule has 1 fully saturated rings. The van der Waals surface area contributed by atoms with Crippen molar-refractivity contribution < 1.29 is 4.74 Å². The van der Waals surface area contributed by atoms with Crippen LogP contribution in [0.4, 0.5) is 11.4 Å². The first kappa shape index (κ1) is 11.7. The fourth-order valence-electron chi connectivity index (χ4n) is 2.22. The molecule has 1 aliphatic heterocycles. The maximum absolute atomic E-state index is 8.90. The molecule has 2 rings (SSSR count). The lowest BCUT2D eigenvalue weighted by Gasteiger charge is -2.33. The van der Waals surface area contributed by atoms with Crippen molar-refractivity contribution in [3.63, 3.8) is 0 Å². The molecule has 0 atom stereocenters. The SMILES string of the molecule is COC1CCN(c2cc(C#N)ccc2N)CC1. The molecule has 0 amide bonds. The highest BCUT2D eigenvalue weighted by atomic mass is 16.5. The number of nitrogen functional groups attached to an aromatic ring is 1. The number of rotatable bonds is 2. The number of nitrogens with zero attached hydrogens (tertiary/aromatic N) is 2. The van der Waals surface area contributed by atoms with E-state index in [1.54, 1.807) is 19.2 Å². The van der Waals surface area contributed by atoms with Gasteiger partial charge in [-0.2, -0.15) is 5.26 Å². The maximum Gasteiger partial charge on any atom is 0.0992 e. The molecule has 0 aliphatic carbocycles. The Balaban J connectivity index is 2.15. The molecular weight excluding hydrogens is 214 g/mol. The van der Waals surface area contributed by atoms with E-state index in [1.807, 2.05) is 6.07 Å². The first-order valence-corrected chi connectivity index (χ1v) is 5.82. The standard InChI is InChI=1S/C13H17N3O/c1-17-11-4-6-16(7-5-11)13-8-10(9-14)2-3-12(13)15/h2-3,8,11H,4-7,15H2,1H3. The van der Waals surface area contributed by atoms with Crippen LogP contribution >= 0.6 is 0 Å². The van der Waals surface area contributed by atoms with Crippen LogP contribution < -0.4 is 10.6 Å². The minimum Gasteiger partial charge on any atom is -0.397 e. The molecule has 2 N–H and O–H groups in total. The zero-order valence-electron chi connectivity index (χ0n) is 10.0.